The molecule has 2 N–H and O–H groups in total. The van der Waals surface area contributed by atoms with E-state index in [0.29, 0.717) is 29.9 Å². The van der Waals surface area contributed by atoms with Crippen molar-refractivity contribution < 1.29 is 13.9 Å². The van der Waals surface area contributed by atoms with Crippen LogP contribution in [0.2, 0.25) is 0 Å². The van der Waals surface area contributed by atoms with E-state index >= 15 is 0 Å². The molecule has 2 heterocycles. The number of carbonyl (C=O) groups is 1. The van der Waals surface area contributed by atoms with Crippen molar-refractivity contribution in [1.29, 1.82) is 0 Å². The third kappa shape index (κ3) is 4.27. The molecule has 2 aromatic carbocycles. The minimum Gasteiger partial charge on any atom is -0.408 e. The summed E-state index contributed by atoms with van der Waals surface area (Å²) in [5.74, 6) is -0.609. The van der Waals surface area contributed by atoms with Crippen LogP contribution in [0.15, 0.2) is 62.0 Å². The summed E-state index contributed by atoms with van der Waals surface area (Å²) in [6.07, 6.45) is 0. The molecule has 4 aromatic rings. The van der Waals surface area contributed by atoms with E-state index in [9.17, 15) is 9.59 Å². The molecule has 0 aliphatic rings. The van der Waals surface area contributed by atoms with Crippen molar-refractivity contribution in [2.75, 3.05) is 19.0 Å². The van der Waals surface area contributed by atoms with Crippen molar-refractivity contribution in [3.05, 3.63) is 63.2 Å². The van der Waals surface area contributed by atoms with Gasteiger partial charge >= 0.3 is 5.76 Å². The van der Waals surface area contributed by atoms with E-state index in [1.54, 1.807) is 7.11 Å². The summed E-state index contributed by atoms with van der Waals surface area (Å²) in [5.41, 5.74) is 4.43. The molecule has 4 rings (SSSR count). The molecule has 0 saturated heterocycles. The lowest BCUT2D eigenvalue weighted by Crippen LogP contribution is -2.18. The lowest BCUT2D eigenvalue weighted by atomic mass is 10.1. The number of aromatic nitrogens is 2. The van der Waals surface area contributed by atoms with Gasteiger partial charge in [-0.2, -0.15) is 0 Å². The summed E-state index contributed by atoms with van der Waals surface area (Å²) in [5, 5.41) is 4.78. The number of fused-ring (bicyclic) bond motifs is 1. The van der Waals surface area contributed by atoms with Crippen LogP contribution in [-0.4, -0.2) is 29.2 Å². The average molecular weight is 424 g/mol. The van der Waals surface area contributed by atoms with E-state index in [1.807, 2.05) is 47.8 Å². The van der Waals surface area contributed by atoms with Gasteiger partial charge in [-0.05, 0) is 30.3 Å². The van der Waals surface area contributed by atoms with Gasteiger partial charge in [0.1, 0.15) is 0 Å². The second-order valence-corrected chi connectivity index (χ2v) is 7.45. The molecule has 9 heteroatoms. The zero-order valence-electron chi connectivity index (χ0n) is 16.5. The molecule has 1 amide bonds. The number of nitrogens with one attached hydrogen (secondary N) is 2. The number of amides is 1. The zero-order chi connectivity index (χ0) is 21.1. The van der Waals surface area contributed by atoms with E-state index in [2.05, 4.69) is 14.9 Å². The maximum atomic E-state index is 11.5. The molecule has 0 radical (unpaired) electrons. The number of aromatic amines is 1. The van der Waals surface area contributed by atoms with Gasteiger partial charge in [0, 0.05) is 37.2 Å². The predicted octanol–water partition coefficient (Wildman–Crippen LogP) is 3.49. The first-order chi connectivity index (χ1) is 14.5. The van der Waals surface area contributed by atoms with Gasteiger partial charge in [0.25, 0.3) is 0 Å². The maximum absolute atomic E-state index is 11.5. The molecule has 154 valence electrons. The van der Waals surface area contributed by atoms with Crippen molar-refractivity contribution >= 4 is 39.7 Å². The van der Waals surface area contributed by atoms with Crippen molar-refractivity contribution in [2.45, 2.75) is 13.5 Å². The number of nitrogens with zero attached hydrogens (tertiary/aromatic N) is 2. The van der Waals surface area contributed by atoms with Crippen LogP contribution in [0.25, 0.3) is 22.4 Å². The smallest absolute Gasteiger partial charge is 0.408 e. The summed E-state index contributed by atoms with van der Waals surface area (Å²) in [7, 11) is 1.65. The van der Waals surface area contributed by atoms with Crippen LogP contribution in [0.1, 0.15) is 6.92 Å². The third-order valence-electron chi connectivity index (χ3n) is 4.42. The van der Waals surface area contributed by atoms with E-state index in [0.717, 1.165) is 21.7 Å². The number of hydrogen-bond donors (Lipinski definition) is 2. The van der Waals surface area contributed by atoms with Gasteiger partial charge in [0.15, 0.2) is 10.4 Å². The van der Waals surface area contributed by atoms with Crippen molar-refractivity contribution in [3.63, 3.8) is 0 Å². The summed E-state index contributed by atoms with van der Waals surface area (Å²) in [4.78, 5) is 31.0. The highest BCUT2D eigenvalue weighted by molar-refractivity contribution is 7.07. The van der Waals surface area contributed by atoms with E-state index < -0.39 is 5.76 Å². The fourth-order valence-corrected chi connectivity index (χ4v) is 4.08. The summed E-state index contributed by atoms with van der Waals surface area (Å²) in [6, 6.07) is 13.0. The molecule has 0 atom stereocenters. The number of ether oxygens (including phenoxy) is 1. The minimum absolute atomic E-state index is 0.132. The number of oxazole rings is 1. The van der Waals surface area contributed by atoms with Crippen molar-refractivity contribution in [1.82, 2.24) is 9.55 Å². The quantitative estimate of drug-likeness (QED) is 0.495. The molecule has 2 aromatic heterocycles. The van der Waals surface area contributed by atoms with E-state index in [4.69, 9.17) is 14.1 Å². The number of benzene rings is 2. The molecule has 0 aliphatic carbocycles. The van der Waals surface area contributed by atoms with Crippen LogP contribution >= 0.6 is 11.3 Å². The van der Waals surface area contributed by atoms with Crippen LogP contribution < -0.4 is 15.9 Å². The van der Waals surface area contributed by atoms with Gasteiger partial charge < -0.3 is 19.0 Å². The minimum atomic E-state index is -0.477. The fourth-order valence-electron chi connectivity index (χ4n) is 3.12. The van der Waals surface area contributed by atoms with Gasteiger partial charge in [-0.25, -0.2) is 9.79 Å². The number of carbonyl (C=O) groups excluding carboxylic acids is 1. The molecular weight excluding hydrogens is 404 g/mol. The Morgan fingerprint density at radius 1 is 1.30 bits per heavy atom. The number of thiazole rings is 1. The first-order valence-corrected chi connectivity index (χ1v) is 10.1. The van der Waals surface area contributed by atoms with Crippen LogP contribution in [0.5, 0.6) is 0 Å². The van der Waals surface area contributed by atoms with Gasteiger partial charge in [0.05, 0.1) is 23.5 Å². The first-order valence-electron chi connectivity index (χ1n) is 9.26. The molecule has 0 bridgehead atoms. The Kier molecular flexibility index (Phi) is 5.64. The topological polar surface area (TPSA) is 102 Å². The average Bonchev–Trinajstić information content (AvgIpc) is 3.27. The Bertz CT molecular complexity index is 1330. The largest absolute Gasteiger partial charge is 0.417 e. The lowest BCUT2D eigenvalue weighted by Gasteiger charge is -2.09. The fraction of sp³-hybridized carbons (Fsp3) is 0.190. The molecular formula is C21H20N4O4S. The molecule has 0 fully saturated rings. The molecule has 0 unspecified atom stereocenters. The van der Waals surface area contributed by atoms with Crippen LogP contribution in [-0.2, 0) is 16.1 Å². The second kappa shape index (κ2) is 8.52. The molecule has 0 saturated carbocycles. The number of anilines is 1. The standard InChI is InChI=1S/C21H20N4O4S/c1-13(26)22-15-4-3-5-16(11-15)23-20-25(8-9-28-2)18(12-30-20)14-6-7-17-19(10-14)29-21(27)24-17/h3-7,10-12H,8-9H2,1-2H3,(H,22,26)(H,24,27). The van der Waals surface area contributed by atoms with Gasteiger partial charge in [0.2, 0.25) is 5.91 Å². The molecule has 0 spiro atoms. The Balaban J connectivity index is 1.79. The number of rotatable bonds is 6. The molecule has 30 heavy (non-hydrogen) atoms. The predicted molar refractivity (Wildman–Crippen MR) is 116 cm³/mol. The van der Waals surface area contributed by atoms with Gasteiger partial charge in [-0.1, -0.05) is 12.1 Å². The normalized spacial score (nSPS) is 11.9. The van der Waals surface area contributed by atoms with Gasteiger partial charge in [-0.3, -0.25) is 9.78 Å². The van der Waals surface area contributed by atoms with Crippen molar-refractivity contribution in [2.24, 2.45) is 4.99 Å². The lowest BCUT2D eigenvalue weighted by molar-refractivity contribution is -0.114. The Morgan fingerprint density at radius 3 is 2.97 bits per heavy atom. The van der Waals surface area contributed by atoms with Crippen LogP contribution in [0, 0.1) is 0 Å². The number of H-pyrrole nitrogens is 1. The maximum Gasteiger partial charge on any atom is 0.417 e. The summed E-state index contributed by atoms with van der Waals surface area (Å²) in [6.45, 7) is 2.59. The summed E-state index contributed by atoms with van der Waals surface area (Å²) < 4.78 is 12.5. The highest BCUT2D eigenvalue weighted by atomic mass is 32.1. The monoisotopic (exact) mass is 424 g/mol. The highest BCUT2D eigenvalue weighted by Crippen LogP contribution is 2.25. The van der Waals surface area contributed by atoms with E-state index in [-0.39, 0.29) is 5.91 Å². The SMILES string of the molecule is COCCn1c(-c2ccc3[nH]c(=O)oc3c2)csc1=Nc1cccc(NC(C)=O)c1. The molecule has 8 nitrogen and oxygen atoms in total. The van der Waals surface area contributed by atoms with Crippen molar-refractivity contribution in [3.8, 4) is 11.3 Å². The highest BCUT2D eigenvalue weighted by Gasteiger charge is 2.11. The Hall–Kier alpha value is -3.43. The van der Waals surface area contributed by atoms with Crippen LogP contribution in [0.3, 0.4) is 0 Å². The Morgan fingerprint density at radius 2 is 2.17 bits per heavy atom. The second-order valence-electron chi connectivity index (χ2n) is 6.62. The molecule has 0 aliphatic heterocycles. The zero-order valence-corrected chi connectivity index (χ0v) is 17.3. The van der Waals surface area contributed by atoms with Gasteiger partial charge in [-0.15, -0.1) is 11.3 Å². The number of methoxy groups -OCH3 is 1. The first kappa shape index (κ1) is 19.9. The van der Waals surface area contributed by atoms with Crippen LogP contribution in [0.4, 0.5) is 11.4 Å². The van der Waals surface area contributed by atoms with E-state index in [1.165, 1.54) is 18.3 Å². The third-order valence-corrected chi connectivity index (χ3v) is 5.29. The number of hydrogen-bond acceptors (Lipinski definition) is 6. The summed E-state index contributed by atoms with van der Waals surface area (Å²) >= 11 is 1.50. The Labute approximate surface area is 175 Å².